The molecule has 1 heterocycles. The van der Waals surface area contributed by atoms with Gasteiger partial charge in [0.1, 0.15) is 5.75 Å². The first kappa shape index (κ1) is 18.1. The number of unbranched alkanes of at least 4 members (excludes halogenated alkanes) is 2. The molecule has 2 rings (SSSR count). The number of amides is 1. The van der Waals surface area contributed by atoms with Gasteiger partial charge in [-0.2, -0.15) is 0 Å². The zero-order valence-electron chi connectivity index (χ0n) is 13.9. The number of nitrogens with one attached hydrogen (secondary N) is 2. The third-order valence-corrected chi connectivity index (χ3v) is 3.81. The Balaban J connectivity index is 2.00. The first-order chi connectivity index (χ1) is 11.6. The summed E-state index contributed by atoms with van der Waals surface area (Å²) < 4.78 is 5.10. The van der Waals surface area contributed by atoms with E-state index in [0.29, 0.717) is 22.0 Å². The number of rotatable bonds is 8. The largest absolute Gasteiger partial charge is 0.495 e. The number of benzene rings is 1. The van der Waals surface area contributed by atoms with E-state index in [0.717, 1.165) is 18.7 Å². The van der Waals surface area contributed by atoms with Crippen LogP contribution in [0.15, 0.2) is 36.7 Å². The fourth-order valence-electron chi connectivity index (χ4n) is 2.22. The molecule has 0 fully saturated rings. The first-order valence-electron chi connectivity index (χ1n) is 7.98. The van der Waals surface area contributed by atoms with Crippen molar-refractivity contribution < 1.29 is 9.53 Å². The van der Waals surface area contributed by atoms with Crippen LogP contribution in [0.4, 0.5) is 11.4 Å². The van der Waals surface area contributed by atoms with Gasteiger partial charge in [0.25, 0.3) is 5.91 Å². The van der Waals surface area contributed by atoms with E-state index in [2.05, 4.69) is 22.5 Å². The van der Waals surface area contributed by atoms with E-state index >= 15 is 0 Å². The molecule has 0 unspecified atom stereocenters. The van der Waals surface area contributed by atoms with Gasteiger partial charge in [0.2, 0.25) is 0 Å². The van der Waals surface area contributed by atoms with Gasteiger partial charge in [-0.3, -0.25) is 9.78 Å². The average molecular weight is 348 g/mol. The van der Waals surface area contributed by atoms with Crippen LogP contribution in [-0.2, 0) is 0 Å². The number of nitrogens with zero attached hydrogens (tertiary/aromatic N) is 1. The van der Waals surface area contributed by atoms with Crippen molar-refractivity contribution in [1.82, 2.24) is 4.98 Å². The summed E-state index contributed by atoms with van der Waals surface area (Å²) >= 11 is 6.07. The summed E-state index contributed by atoms with van der Waals surface area (Å²) in [6.45, 7) is 3.03. The van der Waals surface area contributed by atoms with Crippen LogP contribution in [0, 0.1) is 0 Å². The Hall–Kier alpha value is -2.27. The Morgan fingerprint density at radius 3 is 2.75 bits per heavy atom. The zero-order chi connectivity index (χ0) is 17.4. The minimum Gasteiger partial charge on any atom is -0.495 e. The van der Waals surface area contributed by atoms with E-state index in [9.17, 15) is 4.79 Å². The number of carbonyl (C=O) groups excluding carboxylic acids is 1. The van der Waals surface area contributed by atoms with E-state index in [1.165, 1.54) is 19.0 Å². The van der Waals surface area contributed by atoms with Crippen molar-refractivity contribution in [3.63, 3.8) is 0 Å². The predicted molar refractivity (Wildman–Crippen MR) is 98.2 cm³/mol. The van der Waals surface area contributed by atoms with Crippen LogP contribution >= 0.6 is 11.6 Å². The molecule has 128 valence electrons. The SMILES string of the molecule is CCCCCNc1cncc(C(=O)Nc2ccc(OC)c(Cl)c2)c1. The molecular formula is C18H22ClN3O2. The number of carbonyl (C=O) groups is 1. The van der Waals surface area contributed by atoms with Crippen LogP contribution in [0.2, 0.25) is 5.02 Å². The lowest BCUT2D eigenvalue weighted by atomic mass is 10.2. The molecule has 5 nitrogen and oxygen atoms in total. The van der Waals surface area contributed by atoms with Gasteiger partial charge in [-0.25, -0.2) is 0 Å². The van der Waals surface area contributed by atoms with E-state index in [1.54, 1.807) is 37.6 Å². The van der Waals surface area contributed by atoms with Crippen LogP contribution in [0.25, 0.3) is 0 Å². The lowest BCUT2D eigenvalue weighted by Gasteiger charge is -2.09. The van der Waals surface area contributed by atoms with Gasteiger partial charge in [-0.15, -0.1) is 0 Å². The zero-order valence-corrected chi connectivity index (χ0v) is 14.7. The Morgan fingerprint density at radius 2 is 2.04 bits per heavy atom. The van der Waals surface area contributed by atoms with Crippen LogP contribution < -0.4 is 15.4 Å². The van der Waals surface area contributed by atoms with Crippen molar-refractivity contribution in [3.05, 3.63) is 47.2 Å². The highest BCUT2D eigenvalue weighted by atomic mass is 35.5. The summed E-state index contributed by atoms with van der Waals surface area (Å²) in [5, 5.41) is 6.53. The van der Waals surface area contributed by atoms with Gasteiger partial charge in [-0.05, 0) is 30.7 Å². The standard InChI is InChI=1S/C18H22ClN3O2/c1-3-4-5-8-21-15-9-13(11-20-12-15)18(23)22-14-6-7-17(24-2)16(19)10-14/h6-7,9-12,21H,3-5,8H2,1-2H3,(H,22,23). The summed E-state index contributed by atoms with van der Waals surface area (Å²) in [6, 6.07) is 6.89. The second-order valence-electron chi connectivity index (χ2n) is 5.40. The van der Waals surface area contributed by atoms with Gasteiger partial charge < -0.3 is 15.4 Å². The van der Waals surface area contributed by atoms with Crippen molar-refractivity contribution in [2.45, 2.75) is 26.2 Å². The molecule has 0 aliphatic heterocycles. The normalized spacial score (nSPS) is 10.3. The summed E-state index contributed by atoms with van der Waals surface area (Å²) in [7, 11) is 1.55. The van der Waals surface area contributed by atoms with Crippen molar-refractivity contribution in [1.29, 1.82) is 0 Å². The molecule has 1 aromatic carbocycles. The van der Waals surface area contributed by atoms with Crippen molar-refractivity contribution in [2.75, 3.05) is 24.3 Å². The van der Waals surface area contributed by atoms with Crippen molar-refractivity contribution >= 4 is 28.9 Å². The minimum atomic E-state index is -0.235. The molecule has 0 saturated carbocycles. The molecule has 0 bridgehead atoms. The van der Waals surface area contributed by atoms with Crippen LogP contribution in [0.5, 0.6) is 5.75 Å². The quantitative estimate of drug-likeness (QED) is 0.685. The summed E-state index contributed by atoms with van der Waals surface area (Å²) in [6.07, 6.45) is 6.70. The van der Waals surface area contributed by atoms with Crippen molar-refractivity contribution in [2.24, 2.45) is 0 Å². The number of aromatic nitrogens is 1. The average Bonchev–Trinajstić information content (AvgIpc) is 2.59. The monoisotopic (exact) mass is 347 g/mol. The molecule has 2 aromatic rings. The predicted octanol–water partition coefficient (Wildman–Crippen LogP) is 4.60. The fraction of sp³-hybridized carbons (Fsp3) is 0.333. The van der Waals surface area contributed by atoms with Crippen LogP contribution in [0.1, 0.15) is 36.5 Å². The Kier molecular flexibility index (Phi) is 6.88. The summed E-state index contributed by atoms with van der Waals surface area (Å²) in [5.41, 5.74) is 1.93. The number of ether oxygens (including phenoxy) is 1. The second-order valence-corrected chi connectivity index (χ2v) is 5.81. The summed E-state index contributed by atoms with van der Waals surface area (Å²) in [5.74, 6) is 0.329. The molecule has 0 spiro atoms. The minimum absolute atomic E-state index is 0.235. The van der Waals surface area contributed by atoms with Gasteiger partial charge in [0.05, 0.1) is 23.4 Å². The molecule has 1 amide bonds. The molecule has 0 atom stereocenters. The van der Waals surface area contributed by atoms with Crippen LogP contribution in [-0.4, -0.2) is 24.5 Å². The van der Waals surface area contributed by atoms with E-state index in [4.69, 9.17) is 16.3 Å². The highest BCUT2D eigenvalue weighted by molar-refractivity contribution is 6.32. The third kappa shape index (κ3) is 5.13. The van der Waals surface area contributed by atoms with E-state index in [1.807, 2.05) is 0 Å². The first-order valence-corrected chi connectivity index (χ1v) is 8.35. The number of methoxy groups -OCH3 is 1. The van der Waals surface area contributed by atoms with Crippen LogP contribution in [0.3, 0.4) is 0 Å². The molecule has 6 heteroatoms. The molecule has 24 heavy (non-hydrogen) atoms. The smallest absolute Gasteiger partial charge is 0.257 e. The highest BCUT2D eigenvalue weighted by Crippen LogP contribution is 2.27. The Morgan fingerprint density at radius 1 is 1.21 bits per heavy atom. The highest BCUT2D eigenvalue weighted by Gasteiger charge is 2.09. The maximum atomic E-state index is 12.4. The number of hydrogen-bond acceptors (Lipinski definition) is 4. The Bertz CT molecular complexity index is 692. The van der Waals surface area contributed by atoms with Gasteiger partial charge >= 0.3 is 0 Å². The number of hydrogen-bond donors (Lipinski definition) is 2. The molecule has 0 saturated heterocycles. The molecule has 0 radical (unpaired) electrons. The lowest BCUT2D eigenvalue weighted by molar-refractivity contribution is 0.102. The van der Waals surface area contributed by atoms with Gasteiger partial charge in [0.15, 0.2) is 0 Å². The molecule has 1 aromatic heterocycles. The third-order valence-electron chi connectivity index (χ3n) is 3.52. The molecular weight excluding hydrogens is 326 g/mol. The Labute approximate surface area is 147 Å². The number of pyridine rings is 1. The van der Waals surface area contributed by atoms with Gasteiger partial charge in [0, 0.05) is 24.6 Å². The molecule has 2 N–H and O–H groups in total. The van der Waals surface area contributed by atoms with E-state index < -0.39 is 0 Å². The number of anilines is 2. The van der Waals surface area contributed by atoms with E-state index in [-0.39, 0.29) is 5.91 Å². The van der Waals surface area contributed by atoms with Crippen molar-refractivity contribution in [3.8, 4) is 5.75 Å². The second kappa shape index (κ2) is 9.13. The number of halogens is 1. The summed E-state index contributed by atoms with van der Waals surface area (Å²) in [4.78, 5) is 16.5. The molecule has 0 aliphatic rings. The topological polar surface area (TPSA) is 63.2 Å². The van der Waals surface area contributed by atoms with Gasteiger partial charge in [-0.1, -0.05) is 31.4 Å². The lowest BCUT2D eigenvalue weighted by Crippen LogP contribution is -2.13. The fourth-order valence-corrected chi connectivity index (χ4v) is 2.47. The molecule has 0 aliphatic carbocycles. The maximum absolute atomic E-state index is 12.4. The maximum Gasteiger partial charge on any atom is 0.257 e.